The van der Waals surface area contributed by atoms with Gasteiger partial charge in [0.05, 0.1) is 6.04 Å². The van der Waals surface area contributed by atoms with E-state index < -0.39 is 0 Å². The van der Waals surface area contributed by atoms with Gasteiger partial charge in [-0.2, -0.15) is 0 Å². The van der Waals surface area contributed by atoms with E-state index >= 15 is 0 Å². The molecular weight excluding hydrogens is 307 g/mol. The van der Waals surface area contributed by atoms with Crippen LogP contribution in [-0.4, -0.2) is 49.6 Å². The third-order valence-electron chi connectivity index (χ3n) is 4.50. The van der Waals surface area contributed by atoms with Gasteiger partial charge in [0.25, 0.3) is 0 Å². The summed E-state index contributed by atoms with van der Waals surface area (Å²) in [4.78, 5) is 16.7. The molecule has 2 atom stereocenters. The molecule has 24 heavy (non-hydrogen) atoms. The number of amides is 1. The summed E-state index contributed by atoms with van der Waals surface area (Å²) in [5.41, 5.74) is 7.49. The number of likely N-dealkylation sites (N-methyl/N-ethyl adjacent to an activating group) is 1. The number of carbonyl (C=O) groups excluding carboxylic acids is 1. The zero-order valence-electron chi connectivity index (χ0n) is 14.9. The Morgan fingerprint density at radius 1 is 1.29 bits per heavy atom. The molecule has 6 heteroatoms. The third-order valence-corrected chi connectivity index (χ3v) is 4.50. The van der Waals surface area contributed by atoms with Crippen LogP contribution in [0.1, 0.15) is 38.8 Å². The Labute approximate surface area is 144 Å². The van der Waals surface area contributed by atoms with Gasteiger partial charge in [0, 0.05) is 49.9 Å². The van der Waals surface area contributed by atoms with Crippen molar-refractivity contribution in [3.8, 4) is 0 Å². The average Bonchev–Trinajstić information content (AvgIpc) is 2.54. The summed E-state index contributed by atoms with van der Waals surface area (Å²) in [6, 6.07) is 4.39. The smallest absolute Gasteiger partial charge is 0.222 e. The summed E-state index contributed by atoms with van der Waals surface area (Å²) in [6.07, 6.45) is 0.268. The minimum atomic E-state index is -0.283. The highest BCUT2D eigenvalue weighted by molar-refractivity contribution is 5.77. The lowest BCUT2D eigenvalue weighted by Gasteiger charge is -2.37. The predicted octanol–water partition coefficient (Wildman–Crippen LogP) is 1.88. The summed E-state index contributed by atoms with van der Waals surface area (Å²) in [6.45, 7) is 10.7. The third kappa shape index (κ3) is 4.92. The lowest BCUT2D eigenvalue weighted by Crippen LogP contribution is -2.46. The van der Waals surface area contributed by atoms with E-state index in [-0.39, 0.29) is 30.2 Å². The van der Waals surface area contributed by atoms with E-state index in [4.69, 9.17) is 5.73 Å². The van der Waals surface area contributed by atoms with E-state index in [2.05, 4.69) is 22.0 Å². The number of nitrogens with zero attached hydrogens (tertiary/aromatic N) is 2. The number of nitrogens with two attached hydrogens (primary N) is 1. The lowest BCUT2D eigenvalue weighted by molar-refractivity contribution is -0.122. The van der Waals surface area contributed by atoms with Crippen molar-refractivity contribution < 1.29 is 9.18 Å². The van der Waals surface area contributed by atoms with Crippen molar-refractivity contribution in [3.63, 3.8) is 0 Å². The first-order valence-electron chi connectivity index (χ1n) is 8.72. The highest BCUT2D eigenvalue weighted by atomic mass is 19.1. The number of rotatable bonds is 6. The normalized spacial score (nSPS) is 18.3. The van der Waals surface area contributed by atoms with Crippen LogP contribution in [0.2, 0.25) is 0 Å². The quantitative estimate of drug-likeness (QED) is 0.833. The standard InChI is InChI=1S/C18H29FN4O/c1-4-22-7-9-23(10-8-22)17-6-5-15(19)12-16(17)14(3)21-18(24)11-13(2)20/h5-6,12-14H,4,7-11,20H2,1-3H3,(H,21,24). The van der Waals surface area contributed by atoms with E-state index in [9.17, 15) is 9.18 Å². The van der Waals surface area contributed by atoms with Crippen LogP contribution in [0.5, 0.6) is 0 Å². The van der Waals surface area contributed by atoms with Gasteiger partial charge in [-0.05, 0) is 38.6 Å². The van der Waals surface area contributed by atoms with E-state index in [0.29, 0.717) is 0 Å². The Kier molecular flexibility index (Phi) is 6.57. The molecule has 2 rings (SSSR count). The molecule has 0 aliphatic carbocycles. The molecule has 1 aromatic rings. The number of hydrogen-bond donors (Lipinski definition) is 2. The molecule has 0 spiro atoms. The molecule has 1 amide bonds. The summed E-state index contributed by atoms with van der Waals surface area (Å²) in [5.74, 6) is -0.391. The number of piperazine rings is 1. The van der Waals surface area contributed by atoms with Crippen molar-refractivity contribution in [3.05, 3.63) is 29.6 Å². The fourth-order valence-corrected chi connectivity index (χ4v) is 3.14. The second-order valence-electron chi connectivity index (χ2n) is 6.60. The number of carbonyl (C=O) groups is 1. The largest absolute Gasteiger partial charge is 0.369 e. The van der Waals surface area contributed by atoms with Crippen molar-refractivity contribution in [1.29, 1.82) is 0 Å². The highest BCUT2D eigenvalue weighted by Gasteiger charge is 2.22. The fraction of sp³-hybridized carbons (Fsp3) is 0.611. The molecule has 134 valence electrons. The zero-order valence-corrected chi connectivity index (χ0v) is 14.9. The molecule has 1 aromatic carbocycles. The van der Waals surface area contributed by atoms with Crippen LogP contribution in [0.4, 0.5) is 10.1 Å². The van der Waals surface area contributed by atoms with Crippen LogP contribution in [0, 0.1) is 5.82 Å². The SMILES string of the molecule is CCN1CCN(c2ccc(F)cc2C(C)NC(=O)CC(C)N)CC1. The summed E-state index contributed by atoms with van der Waals surface area (Å²) in [7, 11) is 0. The summed E-state index contributed by atoms with van der Waals surface area (Å²) >= 11 is 0. The Bertz CT molecular complexity index is 556. The maximum absolute atomic E-state index is 13.8. The van der Waals surface area contributed by atoms with E-state index in [1.807, 2.05) is 13.0 Å². The maximum Gasteiger partial charge on any atom is 0.222 e. The molecule has 1 aliphatic heterocycles. The van der Waals surface area contributed by atoms with Crippen LogP contribution < -0.4 is 16.0 Å². The average molecular weight is 336 g/mol. The molecule has 1 fully saturated rings. The monoisotopic (exact) mass is 336 g/mol. The van der Waals surface area contributed by atoms with E-state index in [1.165, 1.54) is 12.1 Å². The van der Waals surface area contributed by atoms with E-state index in [0.717, 1.165) is 44.0 Å². The molecule has 2 unspecified atom stereocenters. The maximum atomic E-state index is 13.8. The van der Waals surface area contributed by atoms with Gasteiger partial charge in [0.15, 0.2) is 0 Å². The van der Waals surface area contributed by atoms with Crippen LogP contribution >= 0.6 is 0 Å². The number of benzene rings is 1. The van der Waals surface area contributed by atoms with Gasteiger partial charge in [-0.1, -0.05) is 6.92 Å². The van der Waals surface area contributed by atoms with Gasteiger partial charge in [-0.25, -0.2) is 4.39 Å². The summed E-state index contributed by atoms with van der Waals surface area (Å²) in [5, 5.41) is 2.93. The van der Waals surface area contributed by atoms with Gasteiger partial charge in [0.1, 0.15) is 5.82 Å². The molecule has 0 radical (unpaired) electrons. The van der Waals surface area contributed by atoms with Crippen LogP contribution in [-0.2, 0) is 4.79 Å². The lowest BCUT2D eigenvalue weighted by atomic mass is 10.0. The zero-order chi connectivity index (χ0) is 17.7. The van der Waals surface area contributed by atoms with Gasteiger partial charge < -0.3 is 20.9 Å². The minimum Gasteiger partial charge on any atom is -0.369 e. The van der Waals surface area contributed by atoms with Gasteiger partial charge >= 0.3 is 0 Å². The molecule has 5 nitrogen and oxygen atoms in total. The molecule has 0 saturated carbocycles. The van der Waals surface area contributed by atoms with Crippen molar-refractivity contribution in [2.45, 2.75) is 39.3 Å². The molecular formula is C18H29FN4O. The first kappa shape index (κ1) is 18.7. The molecule has 0 aromatic heterocycles. The predicted molar refractivity (Wildman–Crippen MR) is 95.6 cm³/mol. The number of anilines is 1. The molecule has 3 N–H and O–H groups in total. The second-order valence-corrected chi connectivity index (χ2v) is 6.60. The highest BCUT2D eigenvalue weighted by Crippen LogP contribution is 2.28. The number of nitrogens with one attached hydrogen (secondary N) is 1. The van der Waals surface area contributed by atoms with Crippen LogP contribution in [0.3, 0.4) is 0 Å². The number of halogens is 1. The summed E-state index contributed by atoms with van der Waals surface area (Å²) < 4.78 is 13.8. The van der Waals surface area contributed by atoms with Crippen molar-refractivity contribution in [2.75, 3.05) is 37.6 Å². The topological polar surface area (TPSA) is 61.6 Å². The molecule has 1 aliphatic rings. The Balaban J connectivity index is 2.14. The Hall–Kier alpha value is -1.66. The Morgan fingerprint density at radius 3 is 2.54 bits per heavy atom. The van der Waals surface area contributed by atoms with Gasteiger partial charge in [-0.3, -0.25) is 4.79 Å². The van der Waals surface area contributed by atoms with Crippen molar-refractivity contribution >= 4 is 11.6 Å². The first-order valence-corrected chi connectivity index (χ1v) is 8.72. The molecule has 1 saturated heterocycles. The second kappa shape index (κ2) is 8.44. The van der Waals surface area contributed by atoms with Gasteiger partial charge in [-0.15, -0.1) is 0 Å². The minimum absolute atomic E-state index is 0.108. The Morgan fingerprint density at radius 2 is 1.96 bits per heavy atom. The number of hydrogen-bond acceptors (Lipinski definition) is 4. The first-order chi connectivity index (χ1) is 11.4. The van der Waals surface area contributed by atoms with Crippen LogP contribution in [0.15, 0.2) is 18.2 Å². The fourth-order valence-electron chi connectivity index (χ4n) is 3.14. The van der Waals surface area contributed by atoms with Crippen molar-refractivity contribution in [2.24, 2.45) is 5.73 Å². The van der Waals surface area contributed by atoms with Crippen LogP contribution in [0.25, 0.3) is 0 Å². The molecule has 0 bridgehead atoms. The van der Waals surface area contributed by atoms with E-state index in [1.54, 1.807) is 6.92 Å². The van der Waals surface area contributed by atoms with Crippen molar-refractivity contribution in [1.82, 2.24) is 10.2 Å². The van der Waals surface area contributed by atoms with Gasteiger partial charge in [0.2, 0.25) is 5.91 Å². The molecule has 1 heterocycles.